The number of aromatic nitrogens is 5. The number of carbonyl (C=O) groups is 1. The van der Waals surface area contributed by atoms with Crippen molar-refractivity contribution < 1.29 is 18.0 Å². The Kier molecular flexibility index (Phi) is 8.12. The van der Waals surface area contributed by atoms with Gasteiger partial charge < -0.3 is 10.2 Å². The van der Waals surface area contributed by atoms with E-state index in [1.165, 1.54) is 10.8 Å². The van der Waals surface area contributed by atoms with Gasteiger partial charge in [0.05, 0.1) is 28.8 Å². The third-order valence-electron chi connectivity index (χ3n) is 7.07. The van der Waals surface area contributed by atoms with E-state index in [1.54, 1.807) is 31.5 Å². The van der Waals surface area contributed by atoms with E-state index < -0.39 is 24.7 Å². The SMILES string of the molecule is CSNC(=O)c1nc(Cl)ccc1NC(C)c1cc(C)cc2c(=O)n(C)c(N3CCc4c(cnn4CC(F)(F)F)C3)nc12. The van der Waals surface area contributed by atoms with Crippen LogP contribution in [0.4, 0.5) is 24.8 Å². The number of amides is 1. The average molecular weight is 621 g/mol. The van der Waals surface area contributed by atoms with Crippen LogP contribution in [0, 0.1) is 6.92 Å². The first-order valence-corrected chi connectivity index (χ1v) is 14.6. The molecule has 2 N–H and O–H groups in total. The lowest BCUT2D eigenvalue weighted by atomic mass is 10.0. The number of benzene rings is 1. The summed E-state index contributed by atoms with van der Waals surface area (Å²) in [5, 5.41) is 7.87. The van der Waals surface area contributed by atoms with E-state index in [0.717, 1.165) is 27.8 Å². The Morgan fingerprint density at radius 2 is 2.00 bits per heavy atom. The van der Waals surface area contributed by atoms with Crippen molar-refractivity contribution in [1.82, 2.24) is 29.0 Å². The third kappa shape index (κ3) is 5.91. The van der Waals surface area contributed by atoms with Crippen LogP contribution in [0.25, 0.3) is 10.9 Å². The summed E-state index contributed by atoms with van der Waals surface area (Å²) < 4.78 is 44.1. The first kappa shape index (κ1) is 29.7. The minimum absolute atomic E-state index is 0.125. The van der Waals surface area contributed by atoms with Crippen molar-refractivity contribution in [3.05, 3.63) is 74.0 Å². The number of fused-ring (bicyclic) bond motifs is 2. The molecule has 3 aromatic heterocycles. The summed E-state index contributed by atoms with van der Waals surface area (Å²) in [7, 11) is 1.63. The highest BCUT2D eigenvalue weighted by Crippen LogP contribution is 2.31. The van der Waals surface area contributed by atoms with Crippen LogP contribution < -0.4 is 20.5 Å². The summed E-state index contributed by atoms with van der Waals surface area (Å²) in [5.74, 6) is -0.0154. The second-order valence-electron chi connectivity index (χ2n) is 10.1. The van der Waals surface area contributed by atoms with Gasteiger partial charge in [0.25, 0.3) is 11.5 Å². The van der Waals surface area contributed by atoms with Crippen LogP contribution in [0.5, 0.6) is 0 Å². The van der Waals surface area contributed by atoms with Crippen LogP contribution in [0.2, 0.25) is 5.15 Å². The van der Waals surface area contributed by atoms with E-state index >= 15 is 0 Å². The fourth-order valence-electron chi connectivity index (χ4n) is 5.20. The van der Waals surface area contributed by atoms with Crippen LogP contribution >= 0.6 is 23.5 Å². The highest BCUT2D eigenvalue weighted by atomic mass is 35.5. The van der Waals surface area contributed by atoms with Gasteiger partial charge in [-0.3, -0.25) is 23.6 Å². The fourth-order valence-corrected chi connectivity index (χ4v) is 5.63. The molecule has 0 bridgehead atoms. The maximum Gasteiger partial charge on any atom is 0.408 e. The number of anilines is 2. The lowest BCUT2D eigenvalue weighted by molar-refractivity contribution is -0.143. The first-order valence-electron chi connectivity index (χ1n) is 13.0. The molecule has 10 nitrogen and oxygen atoms in total. The minimum Gasteiger partial charge on any atom is -0.377 e. The molecule has 1 aromatic carbocycles. The van der Waals surface area contributed by atoms with E-state index in [9.17, 15) is 22.8 Å². The van der Waals surface area contributed by atoms with Gasteiger partial charge in [-0.25, -0.2) is 9.97 Å². The van der Waals surface area contributed by atoms with Gasteiger partial charge in [-0.05, 0) is 37.6 Å². The Balaban J connectivity index is 1.52. The predicted octanol–water partition coefficient (Wildman–Crippen LogP) is 4.79. The standard InChI is InChI=1S/C27H28ClF3N8O2S/c1-14-9-17(15(2)33-19-5-6-21(28)34-23(19)24(40)36-42-4)22-18(10-14)25(41)37(3)26(35-22)38-8-7-20-16(12-38)11-32-39(20)13-27(29,30)31/h5-6,9-11,15,33H,7-8,12-13H2,1-4H3,(H,36,40). The van der Waals surface area contributed by atoms with Gasteiger partial charge in [0.15, 0.2) is 5.69 Å². The largest absolute Gasteiger partial charge is 0.408 e. The van der Waals surface area contributed by atoms with Crippen LogP contribution in [-0.2, 0) is 26.6 Å². The zero-order chi connectivity index (χ0) is 30.3. The van der Waals surface area contributed by atoms with Crippen molar-refractivity contribution in [3.8, 4) is 0 Å². The molecule has 0 radical (unpaired) electrons. The number of hydrogen-bond donors (Lipinski definition) is 2. The number of halogens is 4. The third-order valence-corrected chi connectivity index (χ3v) is 7.67. The van der Waals surface area contributed by atoms with Crippen molar-refractivity contribution >= 4 is 52.0 Å². The number of pyridine rings is 1. The van der Waals surface area contributed by atoms with Crippen molar-refractivity contribution in [2.75, 3.05) is 23.0 Å². The van der Waals surface area contributed by atoms with Crippen molar-refractivity contribution in [3.63, 3.8) is 0 Å². The topological polar surface area (TPSA) is 110 Å². The maximum atomic E-state index is 13.6. The van der Waals surface area contributed by atoms with E-state index in [2.05, 4.69) is 20.1 Å². The highest BCUT2D eigenvalue weighted by Gasteiger charge is 2.32. The Bertz CT molecular complexity index is 1740. The predicted molar refractivity (Wildman–Crippen MR) is 157 cm³/mol. The molecule has 0 fully saturated rings. The van der Waals surface area contributed by atoms with Gasteiger partial charge in [-0.2, -0.15) is 18.3 Å². The second kappa shape index (κ2) is 11.5. The highest BCUT2D eigenvalue weighted by molar-refractivity contribution is 7.97. The molecule has 1 aliphatic rings. The molecule has 1 unspecified atom stereocenters. The van der Waals surface area contributed by atoms with Gasteiger partial charge >= 0.3 is 6.18 Å². The summed E-state index contributed by atoms with van der Waals surface area (Å²) in [5.41, 5.74) is 3.58. The van der Waals surface area contributed by atoms with Gasteiger partial charge in [-0.15, -0.1) is 0 Å². The number of carbonyl (C=O) groups excluding carboxylic acids is 1. The summed E-state index contributed by atoms with van der Waals surface area (Å²) >= 11 is 7.20. The molecule has 5 rings (SSSR count). The summed E-state index contributed by atoms with van der Waals surface area (Å²) in [4.78, 5) is 37.2. The molecule has 0 aliphatic carbocycles. The molecule has 1 atom stereocenters. The lowest BCUT2D eigenvalue weighted by Crippen LogP contribution is -2.36. The fraction of sp³-hybridized carbons (Fsp3) is 0.370. The Hall–Kier alpha value is -3.78. The van der Waals surface area contributed by atoms with Crippen LogP contribution in [0.15, 0.2) is 35.3 Å². The number of alkyl halides is 3. The minimum atomic E-state index is -4.37. The Morgan fingerprint density at radius 1 is 1.24 bits per heavy atom. The van der Waals surface area contributed by atoms with Crippen molar-refractivity contribution in [1.29, 1.82) is 0 Å². The molecule has 0 saturated heterocycles. The Labute approximate surface area is 248 Å². The Morgan fingerprint density at radius 3 is 2.71 bits per heavy atom. The molecular weight excluding hydrogens is 593 g/mol. The molecule has 4 heterocycles. The zero-order valence-electron chi connectivity index (χ0n) is 23.2. The number of hydrogen-bond acceptors (Lipinski definition) is 8. The van der Waals surface area contributed by atoms with Crippen LogP contribution in [-0.4, -0.2) is 49.2 Å². The van der Waals surface area contributed by atoms with Gasteiger partial charge in [-0.1, -0.05) is 29.6 Å². The smallest absolute Gasteiger partial charge is 0.377 e. The van der Waals surface area contributed by atoms with Crippen molar-refractivity contribution in [2.45, 2.75) is 45.6 Å². The van der Waals surface area contributed by atoms with Gasteiger partial charge in [0.1, 0.15) is 11.7 Å². The molecule has 1 aliphatic heterocycles. The summed E-state index contributed by atoms with van der Waals surface area (Å²) in [6.07, 6.45) is -0.888. The molecule has 1 amide bonds. The van der Waals surface area contributed by atoms with E-state index in [-0.39, 0.29) is 23.0 Å². The number of nitrogens with zero attached hydrogens (tertiary/aromatic N) is 6. The lowest BCUT2D eigenvalue weighted by Gasteiger charge is -2.30. The molecule has 0 saturated carbocycles. The second-order valence-corrected chi connectivity index (χ2v) is 11.1. The quantitative estimate of drug-likeness (QED) is 0.224. The first-order chi connectivity index (χ1) is 19.9. The monoisotopic (exact) mass is 620 g/mol. The van der Waals surface area contributed by atoms with Gasteiger partial charge in [0.2, 0.25) is 5.95 Å². The molecule has 15 heteroatoms. The zero-order valence-corrected chi connectivity index (χ0v) is 24.8. The molecule has 0 spiro atoms. The maximum absolute atomic E-state index is 13.6. The van der Waals surface area contributed by atoms with E-state index in [0.29, 0.717) is 46.8 Å². The number of aryl methyl sites for hydroxylation is 1. The molecule has 4 aromatic rings. The van der Waals surface area contributed by atoms with E-state index in [1.807, 2.05) is 24.8 Å². The normalized spacial score (nSPS) is 14.1. The van der Waals surface area contributed by atoms with E-state index in [4.69, 9.17) is 16.6 Å². The van der Waals surface area contributed by atoms with Gasteiger partial charge in [0, 0.05) is 49.6 Å². The van der Waals surface area contributed by atoms with Crippen molar-refractivity contribution in [2.24, 2.45) is 7.05 Å². The summed E-state index contributed by atoms with van der Waals surface area (Å²) in [6, 6.07) is 6.55. The van der Waals surface area contributed by atoms with Crippen LogP contribution in [0.1, 0.15) is 45.8 Å². The molecule has 42 heavy (non-hydrogen) atoms. The molecular formula is C27H28ClF3N8O2S. The average Bonchev–Trinajstić information content (AvgIpc) is 3.31. The summed E-state index contributed by atoms with van der Waals surface area (Å²) in [6.45, 7) is 3.25. The molecule has 222 valence electrons. The number of rotatable bonds is 7. The van der Waals surface area contributed by atoms with Crippen LogP contribution in [0.3, 0.4) is 0 Å². The number of nitrogens with one attached hydrogen (secondary N) is 2.